The largest absolute Gasteiger partial charge is 0.473 e. The van der Waals surface area contributed by atoms with Crippen molar-refractivity contribution >= 4 is 22.8 Å². The highest BCUT2D eigenvalue weighted by Gasteiger charge is 2.12. The first-order valence-corrected chi connectivity index (χ1v) is 10.2. The molecule has 0 amide bonds. The van der Waals surface area contributed by atoms with E-state index >= 15 is 0 Å². The Hall–Kier alpha value is -3.38. The molecule has 0 spiro atoms. The number of para-hydroxylation sites is 1. The fourth-order valence-corrected chi connectivity index (χ4v) is 3.28. The number of hydrogen-bond donors (Lipinski definition) is 2. The van der Waals surface area contributed by atoms with E-state index in [9.17, 15) is 9.59 Å². The lowest BCUT2D eigenvalue weighted by atomic mass is 10.2. The topological polar surface area (TPSA) is 122 Å². The number of aromatic nitrogens is 2. The molecule has 1 saturated heterocycles. The van der Waals surface area contributed by atoms with E-state index in [0.717, 1.165) is 32.5 Å². The highest BCUT2D eigenvalue weighted by atomic mass is 16.4. The zero-order chi connectivity index (χ0) is 22.8. The van der Waals surface area contributed by atoms with Crippen LogP contribution in [-0.2, 0) is 22.7 Å². The Morgan fingerprint density at radius 3 is 2.19 bits per heavy atom. The molecule has 0 atom stereocenters. The van der Waals surface area contributed by atoms with Crippen LogP contribution in [0.1, 0.15) is 32.6 Å². The summed E-state index contributed by atoms with van der Waals surface area (Å²) in [6.45, 7) is 5.80. The predicted molar refractivity (Wildman–Crippen MR) is 116 cm³/mol. The van der Waals surface area contributed by atoms with Crippen LogP contribution >= 0.6 is 0 Å². The third-order valence-electron chi connectivity index (χ3n) is 4.91. The van der Waals surface area contributed by atoms with Crippen molar-refractivity contribution in [3.63, 3.8) is 0 Å². The predicted octanol–water partition coefficient (Wildman–Crippen LogP) is 1.22. The van der Waals surface area contributed by atoms with Crippen molar-refractivity contribution in [1.29, 1.82) is 0 Å². The van der Waals surface area contributed by atoms with Crippen LogP contribution in [0, 0.1) is 11.8 Å². The normalized spacial score (nSPS) is 13.2. The molecule has 1 aliphatic heterocycles. The summed E-state index contributed by atoms with van der Waals surface area (Å²) in [6, 6.07) is 7.30. The van der Waals surface area contributed by atoms with E-state index in [1.807, 2.05) is 18.2 Å². The van der Waals surface area contributed by atoms with Crippen LogP contribution < -0.4 is 11.2 Å². The Balaban J connectivity index is 0.000000501. The Kier molecular flexibility index (Phi) is 9.03. The summed E-state index contributed by atoms with van der Waals surface area (Å²) in [5.41, 5.74) is 0.212. The van der Waals surface area contributed by atoms with Crippen molar-refractivity contribution in [3.05, 3.63) is 45.1 Å². The molecule has 0 unspecified atom stereocenters. The van der Waals surface area contributed by atoms with Gasteiger partial charge in [-0.1, -0.05) is 37.3 Å². The van der Waals surface area contributed by atoms with E-state index in [1.165, 1.54) is 17.4 Å². The monoisotopic (exact) mass is 429 g/mol. The van der Waals surface area contributed by atoms with E-state index in [1.54, 1.807) is 10.6 Å². The van der Waals surface area contributed by atoms with Crippen LogP contribution in [0.15, 0.2) is 33.9 Å². The first kappa shape index (κ1) is 23.9. The molecular formula is C22H27N3O6. The van der Waals surface area contributed by atoms with Crippen LogP contribution in [-0.4, -0.2) is 55.8 Å². The average molecular weight is 429 g/mol. The summed E-state index contributed by atoms with van der Waals surface area (Å²) in [5.74, 6) is 2.65. The standard InChI is InChI=1S/C20H25N3O2.C2H2O4/c1-2-3-15-23-19(24)17-10-4-5-11-18(17)22(20(23)25)16-9-8-14-21-12-6-7-13-21;3-1(4)2(5)6/h4-5,10-11H,2-3,6-7,12-16H2,1H3;(H,3,4)(H,5,6). The summed E-state index contributed by atoms with van der Waals surface area (Å²) >= 11 is 0. The minimum atomic E-state index is -1.82. The highest BCUT2D eigenvalue weighted by Crippen LogP contribution is 2.08. The fraction of sp³-hybridized carbons (Fsp3) is 0.455. The first-order valence-electron chi connectivity index (χ1n) is 10.2. The number of aliphatic carboxylic acids is 2. The quantitative estimate of drug-likeness (QED) is 0.541. The molecule has 0 aliphatic carbocycles. The van der Waals surface area contributed by atoms with Gasteiger partial charge >= 0.3 is 17.6 Å². The van der Waals surface area contributed by atoms with Crippen LogP contribution in [0.3, 0.4) is 0 Å². The first-order chi connectivity index (χ1) is 14.9. The van der Waals surface area contributed by atoms with Crippen molar-refractivity contribution in [2.75, 3.05) is 19.6 Å². The molecule has 2 heterocycles. The van der Waals surface area contributed by atoms with Gasteiger partial charge in [0.15, 0.2) is 0 Å². The molecule has 9 heteroatoms. The zero-order valence-electron chi connectivity index (χ0n) is 17.5. The van der Waals surface area contributed by atoms with Gasteiger partial charge in [0, 0.05) is 6.54 Å². The number of carboxylic acid groups (broad SMARTS) is 2. The number of rotatable bonds is 5. The molecule has 0 bridgehead atoms. The van der Waals surface area contributed by atoms with Crippen LogP contribution in [0.25, 0.3) is 10.9 Å². The van der Waals surface area contributed by atoms with Crippen molar-refractivity contribution in [3.8, 4) is 11.8 Å². The van der Waals surface area contributed by atoms with E-state index in [0.29, 0.717) is 24.0 Å². The Bertz CT molecular complexity index is 1090. The van der Waals surface area contributed by atoms with Gasteiger partial charge in [0.1, 0.15) is 0 Å². The molecule has 31 heavy (non-hydrogen) atoms. The number of unbranched alkanes of at least 4 members (excludes halogenated alkanes) is 1. The van der Waals surface area contributed by atoms with Gasteiger partial charge in [-0.15, -0.1) is 0 Å². The molecule has 1 aromatic carbocycles. The number of nitrogens with zero attached hydrogens (tertiary/aromatic N) is 3. The van der Waals surface area contributed by atoms with E-state index in [-0.39, 0.29) is 11.2 Å². The van der Waals surface area contributed by atoms with Gasteiger partial charge in [0.2, 0.25) is 0 Å². The van der Waals surface area contributed by atoms with Crippen molar-refractivity contribution < 1.29 is 19.8 Å². The molecular weight excluding hydrogens is 402 g/mol. The molecule has 3 rings (SSSR count). The van der Waals surface area contributed by atoms with Crippen molar-refractivity contribution in [1.82, 2.24) is 14.0 Å². The van der Waals surface area contributed by atoms with Crippen LogP contribution in [0.4, 0.5) is 0 Å². The van der Waals surface area contributed by atoms with Crippen molar-refractivity contribution in [2.45, 2.75) is 45.7 Å². The highest BCUT2D eigenvalue weighted by molar-refractivity contribution is 6.27. The number of carbonyl (C=O) groups is 2. The summed E-state index contributed by atoms with van der Waals surface area (Å²) in [5, 5.41) is 15.4. The molecule has 0 radical (unpaired) electrons. The number of likely N-dealkylation sites (tertiary alicyclic amines) is 1. The molecule has 0 saturated carbocycles. The maximum absolute atomic E-state index is 12.8. The second kappa shape index (κ2) is 11.7. The third-order valence-corrected chi connectivity index (χ3v) is 4.91. The third kappa shape index (κ3) is 6.55. The lowest BCUT2D eigenvalue weighted by Crippen LogP contribution is -2.40. The lowest BCUT2D eigenvalue weighted by Gasteiger charge is -2.12. The Labute approximate surface area is 179 Å². The fourth-order valence-electron chi connectivity index (χ4n) is 3.28. The molecule has 166 valence electrons. The molecule has 2 aromatic rings. The minimum Gasteiger partial charge on any atom is -0.473 e. The Morgan fingerprint density at radius 2 is 1.58 bits per heavy atom. The second-order valence-electron chi connectivity index (χ2n) is 7.14. The second-order valence-corrected chi connectivity index (χ2v) is 7.14. The van der Waals surface area contributed by atoms with Gasteiger partial charge < -0.3 is 10.2 Å². The van der Waals surface area contributed by atoms with E-state index < -0.39 is 11.9 Å². The molecule has 1 aromatic heterocycles. The molecule has 1 fully saturated rings. The summed E-state index contributed by atoms with van der Waals surface area (Å²) < 4.78 is 2.98. The number of benzene rings is 1. The summed E-state index contributed by atoms with van der Waals surface area (Å²) in [7, 11) is 0. The molecule has 9 nitrogen and oxygen atoms in total. The van der Waals surface area contributed by atoms with Gasteiger partial charge in [0.05, 0.1) is 24.0 Å². The van der Waals surface area contributed by atoms with Gasteiger partial charge in [0.25, 0.3) is 5.56 Å². The summed E-state index contributed by atoms with van der Waals surface area (Å²) in [6.07, 6.45) is 4.24. The number of hydrogen-bond acceptors (Lipinski definition) is 5. The maximum atomic E-state index is 12.8. The zero-order valence-corrected chi connectivity index (χ0v) is 17.5. The number of fused-ring (bicyclic) bond motifs is 1. The van der Waals surface area contributed by atoms with Crippen LogP contribution in [0.2, 0.25) is 0 Å². The minimum absolute atomic E-state index is 0.199. The average Bonchev–Trinajstić information content (AvgIpc) is 3.27. The van der Waals surface area contributed by atoms with E-state index in [2.05, 4.69) is 23.7 Å². The smallest absolute Gasteiger partial charge is 0.414 e. The Morgan fingerprint density at radius 1 is 0.968 bits per heavy atom. The van der Waals surface area contributed by atoms with E-state index in [4.69, 9.17) is 19.8 Å². The number of carboxylic acids is 2. The van der Waals surface area contributed by atoms with Gasteiger partial charge in [-0.25, -0.2) is 14.4 Å². The maximum Gasteiger partial charge on any atom is 0.414 e. The van der Waals surface area contributed by atoms with Gasteiger partial charge in [-0.3, -0.25) is 18.8 Å². The lowest BCUT2D eigenvalue weighted by molar-refractivity contribution is -0.159. The summed E-state index contributed by atoms with van der Waals surface area (Å²) in [4.78, 5) is 46.0. The van der Waals surface area contributed by atoms with Gasteiger partial charge in [-0.2, -0.15) is 0 Å². The van der Waals surface area contributed by atoms with Crippen molar-refractivity contribution in [2.24, 2.45) is 0 Å². The van der Waals surface area contributed by atoms with Crippen LogP contribution in [0.5, 0.6) is 0 Å². The molecule has 1 aliphatic rings. The van der Waals surface area contributed by atoms with Gasteiger partial charge in [-0.05, 0) is 44.5 Å². The SMILES string of the molecule is CCCCn1c(=O)c2ccccc2n(CC#CCN2CCCC2)c1=O.O=C(O)C(=O)O. The molecule has 2 N–H and O–H groups in total.